The third kappa shape index (κ3) is 2.52. The van der Waals surface area contributed by atoms with Gasteiger partial charge in [-0.3, -0.25) is 0 Å². The number of rotatable bonds is 3. The average molecular weight is 188 g/mol. The molecular formula is C12H16N2. The highest BCUT2D eigenvalue weighted by molar-refractivity contribution is 5.68. The van der Waals surface area contributed by atoms with Crippen LogP contribution in [0.15, 0.2) is 30.5 Å². The first-order chi connectivity index (χ1) is 6.81. The van der Waals surface area contributed by atoms with E-state index in [1.54, 1.807) is 0 Å². The van der Waals surface area contributed by atoms with Crippen molar-refractivity contribution in [1.82, 2.24) is 9.97 Å². The summed E-state index contributed by atoms with van der Waals surface area (Å²) in [6.45, 7) is 6.08. The van der Waals surface area contributed by atoms with E-state index in [1.165, 1.54) is 0 Å². The van der Waals surface area contributed by atoms with Gasteiger partial charge in [0.15, 0.2) is 5.82 Å². The Labute approximate surface area is 85.4 Å². The second kappa shape index (κ2) is 5.32. The highest BCUT2D eigenvalue weighted by Gasteiger charge is 2.00. The molecule has 0 spiro atoms. The molecule has 0 aromatic carbocycles. The molecule has 0 saturated carbocycles. The first kappa shape index (κ1) is 10.6. The number of nitrogens with zero attached hydrogens (tertiary/aromatic N) is 2. The largest absolute Gasteiger partial charge is 0.237 e. The predicted octanol–water partition coefficient (Wildman–Crippen LogP) is 3.02. The summed E-state index contributed by atoms with van der Waals surface area (Å²) in [7, 11) is 0. The van der Waals surface area contributed by atoms with Crippen molar-refractivity contribution < 1.29 is 0 Å². The molecule has 1 rings (SSSR count). The van der Waals surface area contributed by atoms with Crippen molar-refractivity contribution in [3.05, 3.63) is 42.0 Å². The molecular weight excluding hydrogens is 172 g/mol. The zero-order valence-corrected chi connectivity index (χ0v) is 8.99. The minimum atomic E-state index is 0.810. The fraction of sp³-hybridized carbons (Fsp3) is 0.333. The van der Waals surface area contributed by atoms with Crippen LogP contribution in [0.5, 0.6) is 0 Å². The molecule has 1 aromatic rings. The van der Waals surface area contributed by atoms with Crippen LogP contribution < -0.4 is 0 Å². The fourth-order valence-corrected chi connectivity index (χ4v) is 1.21. The highest BCUT2D eigenvalue weighted by Crippen LogP contribution is 2.11. The molecule has 14 heavy (non-hydrogen) atoms. The number of hydrogen-bond acceptors (Lipinski definition) is 2. The molecule has 2 heteroatoms. The molecule has 0 N–H and O–H groups in total. The standard InChI is InChI=1S/C12H16N2/c1-4-7-10(5-2)12-13-9-8-11(6-3)14-12/h4-5,7-9H,6H2,1-3H3/b7-4-,10-5+. The predicted molar refractivity (Wildman–Crippen MR) is 59.9 cm³/mol. The van der Waals surface area contributed by atoms with Crippen molar-refractivity contribution >= 4 is 5.57 Å². The molecule has 0 fully saturated rings. The maximum atomic E-state index is 4.45. The number of aromatic nitrogens is 2. The van der Waals surface area contributed by atoms with E-state index in [1.807, 2.05) is 44.3 Å². The Balaban J connectivity index is 3.05. The van der Waals surface area contributed by atoms with Gasteiger partial charge in [0, 0.05) is 17.5 Å². The minimum Gasteiger partial charge on any atom is -0.237 e. The molecule has 0 aliphatic heterocycles. The molecule has 74 valence electrons. The van der Waals surface area contributed by atoms with E-state index < -0.39 is 0 Å². The second-order valence-corrected chi connectivity index (χ2v) is 2.97. The van der Waals surface area contributed by atoms with Gasteiger partial charge in [-0.2, -0.15) is 0 Å². The van der Waals surface area contributed by atoms with E-state index >= 15 is 0 Å². The van der Waals surface area contributed by atoms with Crippen LogP contribution in [0.4, 0.5) is 0 Å². The summed E-state index contributed by atoms with van der Waals surface area (Å²) in [6.07, 6.45) is 8.80. The first-order valence-corrected chi connectivity index (χ1v) is 4.93. The maximum absolute atomic E-state index is 4.45. The molecule has 0 atom stereocenters. The summed E-state index contributed by atoms with van der Waals surface area (Å²) in [4.78, 5) is 8.70. The Morgan fingerprint density at radius 3 is 2.79 bits per heavy atom. The molecule has 0 aliphatic carbocycles. The normalized spacial score (nSPS) is 12.4. The van der Waals surface area contributed by atoms with Gasteiger partial charge in [-0.15, -0.1) is 0 Å². The Morgan fingerprint density at radius 2 is 2.21 bits per heavy atom. The van der Waals surface area contributed by atoms with Gasteiger partial charge >= 0.3 is 0 Å². The smallest absolute Gasteiger partial charge is 0.159 e. The molecule has 0 amide bonds. The van der Waals surface area contributed by atoms with E-state index in [2.05, 4.69) is 16.9 Å². The molecule has 0 bridgehead atoms. The summed E-state index contributed by atoms with van der Waals surface area (Å²) >= 11 is 0. The molecule has 0 unspecified atom stereocenters. The number of allylic oxidation sites excluding steroid dienone is 4. The van der Waals surface area contributed by atoms with Crippen LogP contribution >= 0.6 is 0 Å². The van der Waals surface area contributed by atoms with Crippen molar-refractivity contribution in [2.24, 2.45) is 0 Å². The van der Waals surface area contributed by atoms with Crippen LogP contribution in [-0.4, -0.2) is 9.97 Å². The van der Waals surface area contributed by atoms with Gasteiger partial charge in [-0.05, 0) is 26.3 Å². The van der Waals surface area contributed by atoms with E-state index in [4.69, 9.17) is 0 Å². The van der Waals surface area contributed by atoms with Gasteiger partial charge in [0.2, 0.25) is 0 Å². The molecule has 1 aromatic heterocycles. The third-order valence-corrected chi connectivity index (χ3v) is 1.99. The fourth-order valence-electron chi connectivity index (χ4n) is 1.21. The van der Waals surface area contributed by atoms with Crippen molar-refractivity contribution in [1.29, 1.82) is 0 Å². The van der Waals surface area contributed by atoms with Gasteiger partial charge in [-0.1, -0.05) is 25.2 Å². The van der Waals surface area contributed by atoms with Crippen LogP contribution in [0.1, 0.15) is 32.3 Å². The lowest BCUT2D eigenvalue weighted by molar-refractivity contribution is 0.980. The average Bonchev–Trinajstić information content (AvgIpc) is 2.26. The van der Waals surface area contributed by atoms with E-state index in [0.29, 0.717) is 0 Å². The zero-order chi connectivity index (χ0) is 10.4. The Kier molecular flexibility index (Phi) is 4.05. The van der Waals surface area contributed by atoms with Crippen molar-refractivity contribution in [3.63, 3.8) is 0 Å². The van der Waals surface area contributed by atoms with Crippen molar-refractivity contribution in [2.45, 2.75) is 27.2 Å². The Hall–Kier alpha value is -1.44. The summed E-state index contributed by atoms with van der Waals surface area (Å²) in [5, 5.41) is 0. The summed E-state index contributed by atoms with van der Waals surface area (Å²) < 4.78 is 0. The second-order valence-electron chi connectivity index (χ2n) is 2.97. The van der Waals surface area contributed by atoms with Gasteiger partial charge in [0.1, 0.15) is 0 Å². The Morgan fingerprint density at radius 1 is 1.43 bits per heavy atom. The molecule has 1 heterocycles. The van der Waals surface area contributed by atoms with Crippen LogP contribution in [0, 0.1) is 0 Å². The molecule has 0 radical (unpaired) electrons. The lowest BCUT2D eigenvalue weighted by Crippen LogP contribution is -1.95. The van der Waals surface area contributed by atoms with E-state index in [0.717, 1.165) is 23.5 Å². The van der Waals surface area contributed by atoms with Crippen molar-refractivity contribution in [3.8, 4) is 0 Å². The van der Waals surface area contributed by atoms with Crippen LogP contribution in [-0.2, 0) is 6.42 Å². The minimum absolute atomic E-state index is 0.810. The number of hydrogen-bond donors (Lipinski definition) is 0. The van der Waals surface area contributed by atoms with Crippen LogP contribution in [0.3, 0.4) is 0 Å². The monoisotopic (exact) mass is 188 g/mol. The lowest BCUT2D eigenvalue weighted by Gasteiger charge is -2.01. The first-order valence-electron chi connectivity index (χ1n) is 4.93. The zero-order valence-electron chi connectivity index (χ0n) is 8.99. The quantitative estimate of drug-likeness (QED) is 0.681. The third-order valence-electron chi connectivity index (χ3n) is 1.99. The molecule has 2 nitrogen and oxygen atoms in total. The van der Waals surface area contributed by atoms with E-state index in [9.17, 15) is 0 Å². The Bertz CT molecular complexity index is 351. The summed E-state index contributed by atoms with van der Waals surface area (Å²) in [5.74, 6) is 0.810. The van der Waals surface area contributed by atoms with E-state index in [-0.39, 0.29) is 0 Å². The summed E-state index contributed by atoms with van der Waals surface area (Å²) in [5.41, 5.74) is 2.15. The SMILES string of the molecule is C/C=C\C(=C/C)c1nccc(CC)n1. The maximum Gasteiger partial charge on any atom is 0.159 e. The highest BCUT2D eigenvalue weighted by atomic mass is 14.9. The summed E-state index contributed by atoms with van der Waals surface area (Å²) in [6, 6.07) is 1.95. The van der Waals surface area contributed by atoms with Gasteiger partial charge < -0.3 is 0 Å². The molecule has 0 aliphatic rings. The number of aryl methyl sites for hydroxylation is 1. The molecule has 0 saturated heterocycles. The van der Waals surface area contributed by atoms with Crippen molar-refractivity contribution in [2.75, 3.05) is 0 Å². The van der Waals surface area contributed by atoms with Gasteiger partial charge in [0.05, 0.1) is 0 Å². The van der Waals surface area contributed by atoms with Gasteiger partial charge in [-0.25, -0.2) is 9.97 Å². The van der Waals surface area contributed by atoms with Crippen LogP contribution in [0.25, 0.3) is 5.57 Å². The van der Waals surface area contributed by atoms with Crippen LogP contribution in [0.2, 0.25) is 0 Å². The lowest BCUT2D eigenvalue weighted by atomic mass is 10.2. The topological polar surface area (TPSA) is 25.8 Å². The van der Waals surface area contributed by atoms with Gasteiger partial charge in [0.25, 0.3) is 0 Å².